The van der Waals surface area contributed by atoms with E-state index < -0.39 is 17.8 Å². The third kappa shape index (κ3) is 5.15. The summed E-state index contributed by atoms with van der Waals surface area (Å²) in [6.07, 6.45) is -3.46. The Kier molecular flexibility index (Phi) is 5.56. The Morgan fingerprint density at radius 3 is 2.77 bits per heavy atom. The van der Waals surface area contributed by atoms with Gasteiger partial charge in [-0.1, -0.05) is 0 Å². The van der Waals surface area contributed by atoms with Crippen molar-refractivity contribution in [2.45, 2.75) is 6.18 Å². The van der Waals surface area contributed by atoms with Crippen LogP contribution in [0.4, 0.5) is 23.8 Å². The van der Waals surface area contributed by atoms with E-state index in [4.69, 9.17) is 4.74 Å². The van der Waals surface area contributed by atoms with Gasteiger partial charge in [0.05, 0.1) is 18.8 Å². The van der Waals surface area contributed by atoms with E-state index in [1.165, 1.54) is 0 Å². The summed E-state index contributed by atoms with van der Waals surface area (Å²) in [6, 6.07) is 1.06. The highest BCUT2D eigenvalue weighted by atomic mass is 19.4. The second kappa shape index (κ2) is 7.41. The van der Waals surface area contributed by atoms with Crippen LogP contribution < -0.4 is 10.6 Å². The van der Waals surface area contributed by atoms with E-state index >= 15 is 0 Å². The van der Waals surface area contributed by atoms with Crippen LogP contribution in [0.2, 0.25) is 0 Å². The molecule has 1 aliphatic rings. The normalized spacial score (nSPS) is 16.3. The molecule has 1 aromatic rings. The van der Waals surface area contributed by atoms with Crippen LogP contribution in [-0.2, 0) is 10.9 Å². The number of carbonyl (C=O) groups is 1. The first kappa shape index (κ1) is 16.5. The fourth-order valence-corrected chi connectivity index (χ4v) is 1.99. The lowest BCUT2D eigenvalue weighted by Gasteiger charge is -2.26. The van der Waals surface area contributed by atoms with Gasteiger partial charge in [-0.15, -0.1) is 0 Å². The Morgan fingerprint density at radius 1 is 1.36 bits per heavy atom. The Bertz CT molecular complexity index is 504. The van der Waals surface area contributed by atoms with Crippen LogP contribution >= 0.6 is 0 Å². The van der Waals surface area contributed by atoms with Crippen molar-refractivity contribution in [3.05, 3.63) is 23.9 Å². The van der Waals surface area contributed by atoms with Gasteiger partial charge in [-0.05, 0) is 12.1 Å². The number of halogens is 3. The van der Waals surface area contributed by atoms with Crippen LogP contribution in [0.1, 0.15) is 5.56 Å². The Morgan fingerprint density at radius 2 is 2.09 bits per heavy atom. The molecule has 1 fully saturated rings. The smallest absolute Gasteiger partial charge is 0.379 e. The van der Waals surface area contributed by atoms with E-state index in [9.17, 15) is 18.0 Å². The molecule has 0 aliphatic carbocycles. The molecule has 0 bridgehead atoms. The monoisotopic (exact) mass is 318 g/mol. The molecule has 22 heavy (non-hydrogen) atoms. The summed E-state index contributed by atoms with van der Waals surface area (Å²) in [4.78, 5) is 17.5. The molecular formula is C13H17F3N4O2. The average molecular weight is 318 g/mol. The fraction of sp³-hybridized carbons (Fsp3) is 0.538. The van der Waals surface area contributed by atoms with Crippen LogP contribution in [0.3, 0.4) is 0 Å². The second-order valence-corrected chi connectivity index (χ2v) is 4.76. The topological polar surface area (TPSA) is 66.5 Å². The fourth-order valence-electron chi connectivity index (χ4n) is 1.99. The largest absolute Gasteiger partial charge is 0.416 e. The summed E-state index contributed by atoms with van der Waals surface area (Å²) in [5.74, 6) is -0.140. The minimum Gasteiger partial charge on any atom is -0.379 e. The van der Waals surface area contributed by atoms with Gasteiger partial charge >= 0.3 is 12.2 Å². The van der Waals surface area contributed by atoms with Crippen molar-refractivity contribution in [3.8, 4) is 0 Å². The van der Waals surface area contributed by atoms with E-state index in [0.717, 1.165) is 31.4 Å². The van der Waals surface area contributed by atoms with Crippen molar-refractivity contribution < 1.29 is 22.7 Å². The number of urea groups is 1. The van der Waals surface area contributed by atoms with Gasteiger partial charge in [0.2, 0.25) is 0 Å². The van der Waals surface area contributed by atoms with Crippen LogP contribution in [0.5, 0.6) is 0 Å². The summed E-state index contributed by atoms with van der Waals surface area (Å²) >= 11 is 0. The summed E-state index contributed by atoms with van der Waals surface area (Å²) in [5.41, 5.74) is -0.855. The number of anilines is 1. The lowest BCUT2D eigenvalue weighted by Crippen LogP contribution is -2.42. The molecule has 6 nitrogen and oxygen atoms in total. The minimum atomic E-state index is -4.47. The minimum absolute atomic E-state index is 0.140. The molecule has 1 aromatic heterocycles. The van der Waals surface area contributed by atoms with Crippen LogP contribution in [-0.4, -0.2) is 55.3 Å². The number of carbonyl (C=O) groups excluding carboxylic acids is 1. The molecule has 0 aromatic carbocycles. The average Bonchev–Trinajstić information content (AvgIpc) is 2.48. The lowest BCUT2D eigenvalue weighted by atomic mass is 10.2. The first-order valence-corrected chi connectivity index (χ1v) is 6.83. The summed E-state index contributed by atoms with van der Waals surface area (Å²) in [7, 11) is 0. The molecule has 2 rings (SSSR count). The van der Waals surface area contributed by atoms with Gasteiger partial charge in [-0.3, -0.25) is 10.2 Å². The number of rotatable bonds is 4. The number of hydrogen-bond acceptors (Lipinski definition) is 4. The van der Waals surface area contributed by atoms with Gasteiger partial charge in [0.15, 0.2) is 0 Å². The zero-order chi connectivity index (χ0) is 16.0. The Hall–Kier alpha value is -1.87. The molecule has 0 atom stereocenters. The number of morpholine rings is 1. The third-order valence-corrected chi connectivity index (χ3v) is 3.15. The highest BCUT2D eigenvalue weighted by Crippen LogP contribution is 2.29. The molecule has 0 unspecified atom stereocenters. The van der Waals surface area contributed by atoms with E-state index in [2.05, 4.69) is 20.5 Å². The predicted octanol–water partition coefficient (Wildman–Crippen LogP) is 1.55. The van der Waals surface area contributed by atoms with E-state index in [1.54, 1.807) is 0 Å². The lowest BCUT2D eigenvalue weighted by molar-refractivity contribution is -0.137. The van der Waals surface area contributed by atoms with Gasteiger partial charge < -0.3 is 10.1 Å². The SMILES string of the molecule is O=C(NCCN1CCOCC1)Nc1cc(C(F)(F)F)ccn1. The van der Waals surface area contributed by atoms with Crippen molar-refractivity contribution in [1.29, 1.82) is 0 Å². The molecule has 0 spiro atoms. The maximum absolute atomic E-state index is 12.5. The molecule has 0 saturated carbocycles. The molecule has 2 heterocycles. The summed E-state index contributed by atoms with van der Waals surface area (Å²) in [5, 5.41) is 4.87. The maximum atomic E-state index is 12.5. The van der Waals surface area contributed by atoms with Crippen molar-refractivity contribution >= 4 is 11.8 Å². The molecule has 9 heteroatoms. The second-order valence-electron chi connectivity index (χ2n) is 4.76. The zero-order valence-corrected chi connectivity index (χ0v) is 11.8. The highest BCUT2D eigenvalue weighted by Gasteiger charge is 2.30. The first-order chi connectivity index (χ1) is 10.4. The van der Waals surface area contributed by atoms with E-state index in [0.29, 0.717) is 26.3 Å². The van der Waals surface area contributed by atoms with Gasteiger partial charge in [-0.25, -0.2) is 9.78 Å². The Labute approximate surface area is 125 Å². The molecule has 122 valence electrons. The number of ether oxygens (including phenoxy) is 1. The van der Waals surface area contributed by atoms with Gasteiger partial charge in [0, 0.05) is 32.4 Å². The molecule has 1 aliphatic heterocycles. The van der Waals surface area contributed by atoms with E-state index in [-0.39, 0.29) is 5.82 Å². The highest BCUT2D eigenvalue weighted by molar-refractivity contribution is 5.88. The van der Waals surface area contributed by atoms with Crippen molar-refractivity contribution in [3.63, 3.8) is 0 Å². The maximum Gasteiger partial charge on any atom is 0.416 e. The molecule has 2 N–H and O–H groups in total. The summed E-state index contributed by atoms with van der Waals surface area (Å²) < 4.78 is 42.8. The summed E-state index contributed by atoms with van der Waals surface area (Å²) in [6.45, 7) is 4.00. The molecule has 0 radical (unpaired) electrons. The number of pyridine rings is 1. The number of nitrogens with zero attached hydrogens (tertiary/aromatic N) is 2. The van der Waals surface area contributed by atoms with Gasteiger partial charge in [-0.2, -0.15) is 13.2 Å². The molecule has 2 amide bonds. The van der Waals surface area contributed by atoms with Crippen LogP contribution in [0.15, 0.2) is 18.3 Å². The first-order valence-electron chi connectivity index (χ1n) is 6.83. The van der Waals surface area contributed by atoms with Crippen molar-refractivity contribution in [2.75, 3.05) is 44.7 Å². The quantitative estimate of drug-likeness (QED) is 0.884. The van der Waals surface area contributed by atoms with Gasteiger partial charge in [0.25, 0.3) is 0 Å². The number of alkyl halides is 3. The van der Waals surface area contributed by atoms with E-state index in [1.807, 2.05) is 0 Å². The third-order valence-electron chi connectivity index (χ3n) is 3.15. The number of hydrogen-bond donors (Lipinski definition) is 2. The van der Waals surface area contributed by atoms with Crippen LogP contribution in [0.25, 0.3) is 0 Å². The number of amides is 2. The Balaban J connectivity index is 1.77. The van der Waals surface area contributed by atoms with Crippen molar-refractivity contribution in [2.24, 2.45) is 0 Å². The number of aromatic nitrogens is 1. The molecule has 1 saturated heterocycles. The standard InChI is InChI=1S/C13H17F3N4O2/c14-13(15,16)10-1-2-17-11(9-10)19-12(21)18-3-4-20-5-7-22-8-6-20/h1-2,9H,3-8H2,(H2,17,18,19,21). The van der Waals surface area contributed by atoms with Gasteiger partial charge in [0.1, 0.15) is 5.82 Å². The number of nitrogens with one attached hydrogen (secondary N) is 2. The zero-order valence-electron chi connectivity index (χ0n) is 11.8. The predicted molar refractivity (Wildman–Crippen MR) is 73.5 cm³/mol. The van der Waals surface area contributed by atoms with Crippen LogP contribution in [0, 0.1) is 0 Å². The van der Waals surface area contributed by atoms with Crippen molar-refractivity contribution in [1.82, 2.24) is 15.2 Å². The molecular weight excluding hydrogens is 301 g/mol.